The van der Waals surface area contributed by atoms with Crippen molar-refractivity contribution >= 4 is 35.9 Å². The zero-order chi connectivity index (χ0) is 36.4. The van der Waals surface area contributed by atoms with Gasteiger partial charge in [0.15, 0.2) is 5.82 Å². The van der Waals surface area contributed by atoms with Gasteiger partial charge in [0.1, 0.15) is 11.6 Å². The van der Waals surface area contributed by atoms with E-state index in [1.807, 2.05) is 46.8 Å². The Balaban J connectivity index is 1.35. The summed E-state index contributed by atoms with van der Waals surface area (Å²) in [5.74, 6) is 2.42. The Labute approximate surface area is 308 Å². The number of aryl methyl sites for hydroxylation is 1. The number of amides is 2. The van der Waals surface area contributed by atoms with Crippen LogP contribution in [0.3, 0.4) is 0 Å². The van der Waals surface area contributed by atoms with E-state index in [9.17, 15) is 9.59 Å². The van der Waals surface area contributed by atoms with E-state index in [0.717, 1.165) is 94.3 Å². The standard InChI is InChI=1S/C41H55N5O4S/c1-7-9-16-38(42-31(5)29(3)23-39(48)45-22-21-41(27-45)19-12-13-20-41)46(28-47)25-33-17-18-35(34(24-33)26-49-8-2)36-14-10-11-15-37(36)51-44-40-30(4)32(6)50-43-40/h10-11,14-15,17-18,24,28H,7-9,12-13,16,19-23,25-27H2,1-6H3,(H,43,44)/b31-29+,42-38?. The molecule has 51 heavy (non-hydrogen) atoms. The van der Waals surface area contributed by atoms with Crippen molar-refractivity contribution in [1.29, 1.82) is 0 Å². The predicted octanol–water partition coefficient (Wildman–Crippen LogP) is 9.64. The van der Waals surface area contributed by atoms with Crippen LogP contribution < -0.4 is 4.72 Å². The van der Waals surface area contributed by atoms with E-state index in [4.69, 9.17) is 14.3 Å². The second-order valence-corrected chi connectivity index (χ2v) is 15.1. The van der Waals surface area contributed by atoms with Crippen LogP contribution in [0.25, 0.3) is 11.1 Å². The largest absolute Gasteiger partial charge is 0.377 e. The van der Waals surface area contributed by atoms with Gasteiger partial charge < -0.3 is 18.9 Å². The first kappa shape index (κ1) is 38.3. The number of carbonyl (C=O) groups is 2. The summed E-state index contributed by atoms with van der Waals surface area (Å²) >= 11 is 1.50. The van der Waals surface area contributed by atoms with E-state index in [0.29, 0.717) is 43.8 Å². The van der Waals surface area contributed by atoms with Crippen LogP contribution in [0.5, 0.6) is 0 Å². The molecule has 1 aliphatic carbocycles. The summed E-state index contributed by atoms with van der Waals surface area (Å²) in [5.41, 5.74) is 7.28. The van der Waals surface area contributed by atoms with E-state index in [1.165, 1.54) is 37.6 Å². The number of hydrogen-bond acceptors (Lipinski definition) is 8. The molecule has 0 unspecified atom stereocenters. The van der Waals surface area contributed by atoms with Gasteiger partial charge in [0, 0.05) is 48.7 Å². The molecule has 2 fully saturated rings. The number of unbranched alkanes of at least 4 members (excludes halogenated alkanes) is 1. The zero-order valence-corrected chi connectivity index (χ0v) is 32.2. The van der Waals surface area contributed by atoms with Crippen molar-refractivity contribution in [2.75, 3.05) is 24.4 Å². The van der Waals surface area contributed by atoms with Gasteiger partial charge in [-0.2, -0.15) is 0 Å². The highest BCUT2D eigenvalue weighted by molar-refractivity contribution is 8.00. The molecule has 5 rings (SSSR count). The number of benzene rings is 2. The third-order valence-corrected chi connectivity index (χ3v) is 11.4. The van der Waals surface area contributed by atoms with Crippen molar-refractivity contribution in [2.45, 2.75) is 117 Å². The van der Waals surface area contributed by atoms with Gasteiger partial charge in [0.05, 0.1) is 13.2 Å². The number of rotatable bonds is 16. The summed E-state index contributed by atoms with van der Waals surface area (Å²) < 4.78 is 14.6. The molecule has 3 aromatic rings. The molecule has 1 aliphatic heterocycles. The van der Waals surface area contributed by atoms with Gasteiger partial charge in [-0.05, 0) is 112 Å². The van der Waals surface area contributed by atoms with Crippen molar-refractivity contribution in [1.82, 2.24) is 15.0 Å². The summed E-state index contributed by atoms with van der Waals surface area (Å²) in [5, 5.41) is 4.15. The predicted molar refractivity (Wildman–Crippen MR) is 206 cm³/mol. The van der Waals surface area contributed by atoms with Gasteiger partial charge in [-0.15, -0.1) is 0 Å². The third-order valence-electron chi connectivity index (χ3n) is 10.6. The van der Waals surface area contributed by atoms with Crippen LogP contribution in [0, 0.1) is 19.3 Å². The first-order chi connectivity index (χ1) is 24.7. The van der Waals surface area contributed by atoms with Crippen molar-refractivity contribution < 1.29 is 18.8 Å². The van der Waals surface area contributed by atoms with Gasteiger partial charge in [-0.25, -0.2) is 4.99 Å². The van der Waals surface area contributed by atoms with Crippen LogP contribution in [0.15, 0.2) is 68.1 Å². The number of ether oxygens (including phenoxy) is 1. The Morgan fingerprint density at radius 3 is 2.61 bits per heavy atom. The van der Waals surface area contributed by atoms with E-state index in [2.05, 4.69) is 52.0 Å². The second kappa shape index (κ2) is 18.0. The summed E-state index contributed by atoms with van der Waals surface area (Å²) in [6.07, 6.45) is 10.0. The van der Waals surface area contributed by atoms with Crippen molar-refractivity contribution in [3.05, 3.63) is 76.2 Å². The number of nitrogens with one attached hydrogen (secondary N) is 1. The number of anilines is 1. The molecule has 0 bridgehead atoms. The number of nitrogens with zero attached hydrogens (tertiary/aromatic N) is 4. The van der Waals surface area contributed by atoms with E-state index < -0.39 is 0 Å². The van der Waals surface area contributed by atoms with Gasteiger partial charge >= 0.3 is 0 Å². The smallest absolute Gasteiger partial charge is 0.226 e. The molecular weight excluding hydrogens is 659 g/mol. The fourth-order valence-corrected chi connectivity index (χ4v) is 7.99. The van der Waals surface area contributed by atoms with E-state index >= 15 is 0 Å². The SMILES string of the molecule is CCCCC(=N/C(C)=C(\C)CC(=O)N1CCC2(CCCC2)C1)N(C=O)Cc1ccc(-c2ccccc2SNc2noc(C)c2C)c(COCC)c1. The maximum Gasteiger partial charge on any atom is 0.226 e. The molecule has 1 aromatic heterocycles. The number of aliphatic imine (C=N–C) groups is 1. The minimum absolute atomic E-state index is 0.189. The first-order valence-corrected chi connectivity index (χ1v) is 19.4. The van der Waals surface area contributed by atoms with Gasteiger partial charge in [0.25, 0.3) is 0 Å². The highest BCUT2D eigenvalue weighted by Gasteiger charge is 2.41. The quantitative estimate of drug-likeness (QED) is 0.0683. The maximum absolute atomic E-state index is 13.3. The molecule has 10 heteroatoms. The molecule has 0 atom stereocenters. The fourth-order valence-electron chi connectivity index (χ4n) is 7.16. The first-order valence-electron chi connectivity index (χ1n) is 18.5. The van der Waals surface area contributed by atoms with E-state index in [-0.39, 0.29) is 5.91 Å². The minimum atomic E-state index is 0.189. The molecule has 1 saturated heterocycles. The number of likely N-dealkylation sites (tertiary alicyclic amines) is 1. The Kier molecular flexibility index (Phi) is 13.6. The topological polar surface area (TPSA) is 100 Å². The maximum atomic E-state index is 13.3. The molecule has 2 aromatic carbocycles. The molecular formula is C41H55N5O4S. The van der Waals surface area contributed by atoms with Crippen LogP contribution >= 0.6 is 11.9 Å². The minimum Gasteiger partial charge on any atom is -0.377 e. The van der Waals surface area contributed by atoms with Crippen LogP contribution in [0.2, 0.25) is 0 Å². The number of aromatic nitrogens is 1. The van der Waals surface area contributed by atoms with Crippen LogP contribution in [-0.4, -0.2) is 52.8 Å². The molecule has 2 aliphatic rings. The van der Waals surface area contributed by atoms with Crippen LogP contribution in [0.4, 0.5) is 5.82 Å². The third kappa shape index (κ3) is 9.71. The Morgan fingerprint density at radius 2 is 1.90 bits per heavy atom. The lowest BCUT2D eigenvalue weighted by Gasteiger charge is -2.24. The Hall–Kier alpha value is -3.89. The Morgan fingerprint density at radius 1 is 1.12 bits per heavy atom. The number of amidine groups is 1. The summed E-state index contributed by atoms with van der Waals surface area (Å²) in [6.45, 7) is 15.2. The lowest BCUT2D eigenvalue weighted by Crippen LogP contribution is -2.31. The number of allylic oxidation sites excluding steroid dienone is 1. The lowest BCUT2D eigenvalue weighted by molar-refractivity contribution is -0.129. The summed E-state index contributed by atoms with van der Waals surface area (Å²) in [6, 6.07) is 14.6. The molecule has 9 nitrogen and oxygen atoms in total. The molecule has 2 heterocycles. The highest BCUT2D eigenvalue weighted by Crippen LogP contribution is 2.45. The zero-order valence-electron chi connectivity index (χ0n) is 31.3. The Bertz CT molecular complexity index is 1720. The molecule has 1 N–H and O–H groups in total. The summed E-state index contributed by atoms with van der Waals surface area (Å²) in [7, 11) is 0. The fraction of sp³-hybridized carbons (Fsp3) is 0.512. The average molecular weight is 714 g/mol. The van der Waals surface area contributed by atoms with Crippen LogP contribution in [0.1, 0.15) is 108 Å². The molecule has 2 amide bonds. The second-order valence-electron chi connectivity index (χ2n) is 14.2. The van der Waals surface area contributed by atoms with Crippen molar-refractivity contribution in [3.63, 3.8) is 0 Å². The van der Waals surface area contributed by atoms with Gasteiger partial charge in [-0.1, -0.05) is 67.7 Å². The van der Waals surface area contributed by atoms with Gasteiger partial charge in [-0.3, -0.25) is 14.5 Å². The average Bonchev–Trinajstić information content (AvgIpc) is 3.87. The number of carbonyl (C=O) groups excluding carboxylic acids is 2. The van der Waals surface area contributed by atoms with Gasteiger partial charge in [0.2, 0.25) is 12.3 Å². The highest BCUT2D eigenvalue weighted by atomic mass is 32.2. The van der Waals surface area contributed by atoms with Crippen LogP contribution in [-0.2, 0) is 27.5 Å². The lowest BCUT2D eigenvalue weighted by atomic mass is 9.86. The monoisotopic (exact) mass is 713 g/mol. The molecule has 274 valence electrons. The number of hydrogen-bond donors (Lipinski definition) is 1. The van der Waals surface area contributed by atoms with Crippen molar-refractivity contribution in [2.24, 2.45) is 10.4 Å². The molecule has 1 saturated carbocycles. The van der Waals surface area contributed by atoms with E-state index in [1.54, 1.807) is 4.90 Å². The summed E-state index contributed by atoms with van der Waals surface area (Å²) in [4.78, 5) is 35.8. The molecule has 1 spiro atoms. The molecule has 0 radical (unpaired) electrons. The normalized spacial score (nSPS) is 16.1. The van der Waals surface area contributed by atoms with Crippen molar-refractivity contribution in [3.8, 4) is 11.1 Å².